The highest BCUT2D eigenvalue weighted by atomic mass is 16.3. The van der Waals surface area contributed by atoms with Crippen molar-refractivity contribution >= 4 is 5.65 Å². The summed E-state index contributed by atoms with van der Waals surface area (Å²) in [5.74, 6) is 0.919. The van der Waals surface area contributed by atoms with Gasteiger partial charge >= 0.3 is 0 Å². The lowest BCUT2D eigenvalue weighted by Crippen LogP contribution is -1.99. The second-order valence-electron chi connectivity index (χ2n) is 3.96. The highest BCUT2D eigenvalue weighted by molar-refractivity contribution is 5.49. The normalized spacial score (nSPS) is 11.1. The lowest BCUT2D eigenvalue weighted by atomic mass is 10.3. The summed E-state index contributed by atoms with van der Waals surface area (Å²) in [6.45, 7) is 0.502. The molecule has 0 spiro atoms. The predicted octanol–water partition coefficient (Wildman–Crippen LogP) is 1.98. The molecule has 3 aromatic heterocycles. The summed E-state index contributed by atoms with van der Waals surface area (Å²) in [5.41, 5.74) is 8.66. The first-order valence-corrected chi connectivity index (χ1v) is 5.55. The van der Waals surface area contributed by atoms with E-state index in [1.807, 2.05) is 41.1 Å². The fourth-order valence-electron chi connectivity index (χ4n) is 1.96. The van der Waals surface area contributed by atoms with Gasteiger partial charge in [0.15, 0.2) is 0 Å². The van der Waals surface area contributed by atoms with Gasteiger partial charge in [-0.05, 0) is 18.2 Å². The molecule has 0 aliphatic heterocycles. The summed E-state index contributed by atoms with van der Waals surface area (Å²) < 4.78 is 7.32. The van der Waals surface area contributed by atoms with Crippen molar-refractivity contribution in [1.29, 1.82) is 0 Å². The number of nitrogens with zero attached hydrogens (tertiary/aromatic N) is 2. The van der Waals surface area contributed by atoms with Crippen molar-refractivity contribution in [2.24, 2.45) is 5.73 Å². The van der Waals surface area contributed by atoms with E-state index in [-0.39, 0.29) is 0 Å². The molecule has 0 atom stereocenters. The van der Waals surface area contributed by atoms with Crippen molar-refractivity contribution in [1.82, 2.24) is 9.38 Å². The summed E-state index contributed by atoms with van der Waals surface area (Å²) >= 11 is 0. The SMILES string of the molecule is NCc1cccn2cc(Cc3ccco3)nc12. The molecule has 0 unspecified atom stereocenters. The van der Waals surface area contributed by atoms with E-state index in [1.54, 1.807) is 6.26 Å². The van der Waals surface area contributed by atoms with Crippen LogP contribution in [-0.2, 0) is 13.0 Å². The molecule has 0 fully saturated rings. The molecule has 17 heavy (non-hydrogen) atoms. The van der Waals surface area contributed by atoms with Gasteiger partial charge < -0.3 is 14.6 Å². The third-order valence-electron chi connectivity index (χ3n) is 2.77. The second kappa shape index (κ2) is 4.07. The van der Waals surface area contributed by atoms with Crippen LogP contribution >= 0.6 is 0 Å². The van der Waals surface area contributed by atoms with Gasteiger partial charge in [0.2, 0.25) is 0 Å². The van der Waals surface area contributed by atoms with E-state index >= 15 is 0 Å². The minimum absolute atomic E-state index is 0.502. The molecule has 0 aromatic carbocycles. The average Bonchev–Trinajstić information content (AvgIpc) is 2.97. The average molecular weight is 227 g/mol. The zero-order valence-electron chi connectivity index (χ0n) is 9.34. The van der Waals surface area contributed by atoms with Crippen molar-refractivity contribution in [2.75, 3.05) is 0 Å². The Labute approximate surface area is 98.7 Å². The molecular formula is C13H13N3O. The third-order valence-corrected chi connectivity index (χ3v) is 2.77. The van der Waals surface area contributed by atoms with Crippen LogP contribution in [0.1, 0.15) is 17.0 Å². The maximum absolute atomic E-state index is 5.69. The number of aromatic nitrogens is 2. The molecule has 0 aliphatic carbocycles. The van der Waals surface area contributed by atoms with Crippen LogP contribution < -0.4 is 5.73 Å². The van der Waals surface area contributed by atoms with E-state index in [2.05, 4.69) is 4.98 Å². The first-order chi connectivity index (χ1) is 8.36. The first-order valence-electron chi connectivity index (χ1n) is 5.55. The minimum atomic E-state index is 0.502. The maximum Gasteiger partial charge on any atom is 0.141 e. The van der Waals surface area contributed by atoms with Crippen LogP contribution in [0.25, 0.3) is 5.65 Å². The van der Waals surface area contributed by atoms with Crippen LogP contribution in [0.15, 0.2) is 47.3 Å². The zero-order chi connectivity index (χ0) is 11.7. The predicted molar refractivity (Wildman–Crippen MR) is 64.6 cm³/mol. The Kier molecular flexibility index (Phi) is 2.42. The number of fused-ring (bicyclic) bond motifs is 1. The number of imidazole rings is 1. The summed E-state index contributed by atoms with van der Waals surface area (Å²) in [6.07, 6.45) is 6.37. The van der Waals surface area contributed by atoms with Gasteiger partial charge in [-0.2, -0.15) is 0 Å². The maximum atomic E-state index is 5.69. The number of furan rings is 1. The largest absolute Gasteiger partial charge is 0.469 e. The van der Waals surface area contributed by atoms with Crippen LogP contribution in [0.4, 0.5) is 0 Å². The topological polar surface area (TPSA) is 56.5 Å². The van der Waals surface area contributed by atoms with Crippen LogP contribution in [-0.4, -0.2) is 9.38 Å². The molecule has 3 aromatic rings. The van der Waals surface area contributed by atoms with Gasteiger partial charge in [0.1, 0.15) is 11.4 Å². The molecule has 4 nitrogen and oxygen atoms in total. The summed E-state index contributed by atoms with van der Waals surface area (Å²) in [6, 6.07) is 7.82. The van der Waals surface area contributed by atoms with Gasteiger partial charge in [-0.15, -0.1) is 0 Å². The fourth-order valence-corrected chi connectivity index (χ4v) is 1.96. The van der Waals surface area contributed by atoms with Crippen LogP contribution in [0, 0.1) is 0 Å². The second-order valence-corrected chi connectivity index (χ2v) is 3.96. The van der Waals surface area contributed by atoms with Crippen molar-refractivity contribution in [2.45, 2.75) is 13.0 Å². The van der Waals surface area contributed by atoms with Crippen molar-refractivity contribution < 1.29 is 4.42 Å². The standard InChI is InChI=1S/C13H13N3O/c14-8-10-3-1-5-16-9-11(15-13(10)16)7-12-4-2-6-17-12/h1-6,9H,7-8,14H2. The van der Waals surface area contributed by atoms with Gasteiger partial charge in [0.25, 0.3) is 0 Å². The van der Waals surface area contributed by atoms with E-state index in [4.69, 9.17) is 10.2 Å². The number of hydrogen-bond acceptors (Lipinski definition) is 3. The lowest BCUT2D eigenvalue weighted by molar-refractivity contribution is 0.519. The highest BCUT2D eigenvalue weighted by Gasteiger charge is 2.06. The smallest absolute Gasteiger partial charge is 0.141 e. The van der Waals surface area contributed by atoms with E-state index in [0.717, 1.165) is 22.7 Å². The van der Waals surface area contributed by atoms with Gasteiger partial charge in [0.05, 0.1) is 12.0 Å². The molecule has 0 bridgehead atoms. The number of pyridine rings is 1. The molecule has 0 radical (unpaired) electrons. The monoisotopic (exact) mass is 227 g/mol. The van der Waals surface area contributed by atoms with Gasteiger partial charge in [-0.25, -0.2) is 4.98 Å². The van der Waals surface area contributed by atoms with Crippen molar-refractivity contribution in [3.05, 3.63) is 59.9 Å². The lowest BCUT2D eigenvalue weighted by Gasteiger charge is -1.97. The molecule has 86 valence electrons. The van der Waals surface area contributed by atoms with Gasteiger partial charge in [0, 0.05) is 30.9 Å². The summed E-state index contributed by atoms with van der Waals surface area (Å²) in [4.78, 5) is 4.58. The fraction of sp³-hybridized carbons (Fsp3) is 0.154. The Hall–Kier alpha value is -2.07. The molecule has 0 amide bonds. The van der Waals surface area contributed by atoms with E-state index in [1.165, 1.54) is 0 Å². The Morgan fingerprint density at radius 3 is 3.00 bits per heavy atom. The summed E-state index contributed by atoms with van der Waals surface area (Å²) in [7, 11) is 0. The molecule has 3 rings (SSSR count). The Balaban J connectivity index is 2.02. The van der Waals surface area contributed by atoms with Gasteiger partial charge in [-0.3, -0.25) is 0 Å². The molecule has 2 N–H and O–H groups in total. The molecule has 4 heteroatoms. The molecular weight excluding hydrogens is 214 g/mol. The Morgan fingerprint density at radius 2 is 2.24 bits per heavy atom. The molecule has 0 saturated carbocycles. The first kappa shape index (κ1) is 10.1. The summed E-state index contributed by atoms with van der Waals surface area (Å²) in [5, 5.41) is 0. The van der Waals surface area contributed by atoms with E-state index in [0.29, 0.717) is 13.0 Å². The van der Waals surface area contributed by atoms with Crippen LogP contribution in [0.5, 0.6) is 0 Å². The zero-order valence-corrected chi connectivity index (χ0v) is 9.34. The van der Waals surface area contributed by atoms with E-state index < -0.39 is 0 Å². The molecule has 0 aliphatic rings. The molecule has 3 heterocycles. The molecule has 0 saturated heterocycles. The van der Waals surface area contributed by atoms with Crippen LogP contribution in [0.2, 0.25) is 0 Å². The quantitative estimate of drug-likeness (QED) is 0.744. The van der Waals surface area contributed by atoms with Crippen LogP contribution in [0.3, 0.4) is 0 Å². The minimum Gasteiger partial charge on any atom is -0.469 e. The van der Waals surface area contributed by atoms with E-state index in [9.17, 15) is 0 Å². The Bertz CT molecular complexity index is 625. The number of rotatable bonds is 3. The third kappa shape index (κ3) is 1.83. The number of nitrogens with two attached hydrogens (primary N) is 1. The van der Waals surface area contributed by atoms with Crippen molar-refractivity contribution in [3.8, 4) is 0 Å². The number of hydrogen-bond donors (Lipinski definition) is 1. The van der Waals surface area contributed by atoms with Gasteiger partial charge in [-0.1, -0.05) is 6.07 Å². The van der Waals surface area contributed by atoms with Crippen molar-refractivity contribution in [3.63, 3.8) is 0 Å². The highest BCUT2D eigenvalue weighted by Crippen LogP contribution is 2.14. The Morgan fingerprint density at radius 1 is 1.29 bits per heavy atom.